The molecule has 1 saturated carbocycles. The van der Waals surface area contributed by atoms with Crippen molar-refractivity contribution in [3.8, 4) is 11.8 Å². The van der Waals surface area contributed by atoms with Crippen molar-refractivity contribution >= 4 is 27.7 Å². The predicted octanol–water partition coefficient (Wildman–Crippen LogP) is 2.48. The van der Waals surface area contributed by atoms with E-state index in [-0.39, 0.29) is 18.0 Å². The molecule has 0 saturated heterocycles. The third-order valence-corrected chi connectivity index (χ3v) is 4.55. The van der Waals surface area contributed by atoms with Gasteiger partial charge in [-0.3, -0.25) is 4.79 Å². The van der Waals surface area contributed by atoms with Gasteiger partial charge in [0.1, 0.15) is 11.8 Å². The number of hydrogen-bond acceptors (Lipinski definition) is 6. The van der Waals surface area contributed by atoms with E-state index in [1.165, 1.54) is 7.05 Å². The van der Waals surface area contributed by atoms with Crippen molar-refractivity contribution in [2.45, 2.75) is 37.8 Å². The minimum absolute atomic E-state index is 0.0313. The number of rotatable bonds is 3. The standard InChI is InChI=1S/C16H19BrN6O2/c1-20-23-15(22-19)16(24)21-11-3-6-12(7-4-11)25-13-5-2-10(9-18)14(17)8-13/h2,5,8,11-12H,3-4,6-7,19H2,1H3,(H,21,24). The van der Waals surface area contributed by atoms with Crippen LogP contribution in [0.3, 0.4) is 0 Å². The summed E-state index contributed by atoms with van der Waals surface area (Å²) in [5, 5.41) is 22.2. The van der Waals surface area contributed by atoms with Gasteiger partial charge in [-0.25, -0.2) is 0 Å². The lowest BCUT2D eigenvalue weighted by molar-refractivity contribution is -0.115. The first-order valence-electron chi connectivity index (χ1n) is 7.82. The minimum Gasteiger partial charge on any atom is -0.490 e. The van der Waals surface area contributed by atoms with Crippen LogP contribution in [-0.2, 0) is 4.79 Å². The number of nitrogens with zero attached hydrogens (tertiary/aromatic N) is 4. The summed E-state index contributed by atoms with van der Waals surface area (Å²) in [5.41, 5.74) is 0.570. The summed E-state index contributed by atoms with van der Waals surface area (Å²) in [6, 6.07) is 7.44. The fourth-order valence-electron chi connectivity index (χ4n) is 2.65. The average molecular weight is 407 g/mol. The fraction of sp³-hybridized carbons (Fsp3) is 0.438. The Kier molecular flexibility index (Phi) is 6.89. The largest absolute Gasteiger partial charge is 0.490 e. The van der Waals surface area contributed by atoms with Crippen molar-refractivity contribution in [2.24, 2.45) is 21.2 Å². The van der Waals surface area contributed by atoms with E-state index >= 15 is 0 Å². The van der Waals surface area contributed by atoms with Crippen LogP contribution in [0, 0.1) is 11.3 Å². The highest BCUT2D eigenvalue weighted by atomic mass is 79.9. The van der Waals surface area contributed by atoms with Crippen LogP contribution in [0.15, 0.2) is 38.0 Å². The highest BCUT2D eigenvalue weighted by molar-refractivity contribution is 9.10. The number of halogens is 1. The maximum atomic E-state index is 12.0. The molecule has 0 atom stereocenters. The van der Waals surface area contributed by atoms with Crippen LogP contribution in [-0.4, -0.2) is 30.9 Å². The predicted molar refractivity (Wildman–Crippen MR) is 96.1 cm³/mol. The number of azo groups is 1. The zero-order valence-electron chi connectivity index (χ0n) is 13.8. The van der Waals surface area contributed by atoms with Crippen molar-refractivity contribution in [2.75, 3.05) is 7.05 Å². The summed E-state index contributed by atoms with van der Waals surface area (Å²) < 4.78 is 6.68. The molecule has 8 nitrogen and oxygen atoms in total. The molecule has 0 spiro atoms. The van der Waals surface area contributed by atoms with E-state index in [2.05, 4.69) is 42.6 Å². The molecule has 0 aromatic heterocycles. The third kappa shape index (κ3) is 5.26. The van der Waals surface area contributed by atoms with E-state index in [9.17, 15) is 4.79 Å². The van der Waals surface area contributed by atoms with Gasteiger partial charge in [0.15, 0.2) is 0 Å². The number of carbonyl (C=O) groups excluding carboxylic acids is 1. The Labute approximate surface area is 154 Å². The van der Waals surface area contributed by atoms with Gasteiger partial charge in [0, 0.05) is 17.6 Å². The van der Waals surface area contributed by atoms with Gasteiger partial charge in [0.2, 0.25) is 0 Å². The Morgan fingerprint density at radius 3 is 2.68 bits per heavy atom. The maximum absolute atomic E-state index is 12.0. The lowest BCUT2D eigenvalue weighted by atomic mass is 9.93. The number of hydrazone groups is 1. The Balaban J connectivity index is 1.84. The van der Waals surface area contributed by atoms with Crippen LogP contribution in [0.2, 0.25) is 0 Å². The van der Waals surface area contributed by atoms with Crippen LogP contribution in [0.4, 0.5) is 0 Å². The number of ether oxygens (including phenoxy) is 1. The molecule has 3 N–H and O–H groups in total. The molecule has 25 heavy (non-hydrogen) atoms. The minimum atomic E-state index is -0.423. The van der Waals surface area contributed by atoms with E-state index in [1.54, 1.807) is 18.2 Å². The Bertz CT molecular complexity index is 720. The van der Waals surface area contributed by atoms with Gasteiger partial charge in [-0.1, -0.05) is 0 Å². The molecule has 1 aromatic carbocycles. The lowest BCUT2D eigenvalue weighted by Gasteiger charge is -2.29. The summed E-state index contributed by atoms with van der Waals surface area (Å²) in [6.45, 7) is 0. The second kappa shape index (κ2) is 9.13. The molecule has 2 rings (SSSR count). The van der Waals surface area contributed by atoms with Gasteiger partial charge in [-0.2, -0.15) is 15.5 Å². The second-order valence-corrected chi connectivity index (χ2v) is 6.43. The van der Waals surface area contributed by atoms with Gasteiger partial charge in [-0.15, -0.1) is 5.11 Å². The molecule has 0 radical (unpaired) electrons. The molecule has 1 aromatic rings. The number of amidine groups is 1. The topological polar surface area (TPSA) is 125 Å². The van der Waals surface area contributed by atoms with E-state index < -0.39 is 5.91 Å². The smallest absolute Gasteiger partial charge is 0.292 e. The molecule has 0 bridgehead atoms. The van der Waals surface area contributed by atoms with E-state index in [0.29, 0.717) is 10.0 Å². The highest BCUT2D eigenvalue weighted by Crippen LogP contribution is 2.27. The Morgan fingerprint density at radius 1 is 1.40 bits per heavy atom. The SMILES string of the molecule is CN=NC(=NN)C(=O)NC1CCC(Oc2ccc(C#N)c(Br)c2)CC1. The normalized spacial score (nSPS) is 20.9. The Morgan fingerprint density at radius 2 is 2.12 bits per heavy atom. The van der Waals surface area contributed by atoms with Crippen LogP contribution in [0.1, 0.15) is 31.2 Å². The first-order chi connectivity index (χ1) is 12.1. The third-order valence-electron chi connectivity index (χ3n) is 3.89. The van der Waals surface area contributed by atoms with Crippen molar-refractivity contribution in [1.29, 1.82) is 5.26 Å². The summed E-state index contributed by atoms with van der Waals surface area (Å²) in [7, 11) is 1.45. The molecule has 9 heteroatoms. The van der Waals surface area contributed by atoms with Gasteiger partial charge in [0.25, 0.3) is 11.7 Å². The number of amides is 1. The van der Waals surface area contributed by atoms with Gasteiger partial charge in [0.05, 0.1) is 11.7 Å². The molecule has 1 fully saturated rings. The van der Waals surface area contributed by atoms with Crippen LogP contribution in [0.25, 0.3) is 0 Å². The molecule has 0 unspecified atom stereocenters. The zero-order valence-corrected chi connectivity index (χ0v) is 15.4. The molecule has 0 heterocycles. The highest BCUT2D eigenvalue weighted by Gasteiger charge is 2.25. The summed E-state index contributed by atoms with van der Waals surface area (Å²) in [4.78, 5) is 12.0. The van der Waals surface area contributed by atoms with Crippen molar-refractivity contribution in [3.63, 3.8) is 0 Å². The van der Waals surface area contributed by atoms with Crippen molar-refractivity contribution in [1.82, 2.24) is 5.32 Å². The maximum Gasteiger partial charge on any atom is 0.292 e. The Hall–Kier alpha value is -2.47. The van der Waals surface area contributed by atoms with Crippen molar-refractivity contribution < 1.29 is 9.53 Å². The van der Waals surface area contributed by atoms with Gasteiger partial charge in [-0.05, 0) is 59.8 Å². The number of nitrogens with two attached hydrogens (primary N) is 1. The molecule has 0 aliphatic heterocycles. The number of hydrogen-bond donors (Lipinski definition) is 2. The first kappa shape index (κ1) is 18.9. The van der Waals surface area contributed by atoms with E-state index in [4.69, 9.17) is 15.8 Å². The number of carbonyl (C=O) groups is 1. The average Bonchev–Trinajstić information content (AvgIpc) is 2.61. The summed E-state index contributed by atoms with van der Waals surface area (Å²) >= 11 is 3.35. The molecule has 1 amide bonds. The van der Waals surface area contributed by atoms with Crippen molar-refractivity contribution in [3.05, 3.63) is 28.2 Å². The van der Waals surface area contributed by atoms with E-state index in [1.807, 2.05) is 0 Å². The van der Waals surface area contributed by atoms with Gasteiger partial charge >= 0.3 is 0 Å². The molecular weight excluding hydrogens is 388 g/mol. The zero-order chi connectivity index (χ0) is 18.2. The van der Waals surface area contributed by atoms with Gasteiger partial charge < -0.3 is 15.9 Å². The van der Waals surface area contributed by atoms with E-state index in [0.717, 1.165) is 31.4 Å². The van der Waals surface area contributed by atoms with Crippen LogP contribution >= 0.6 is 15.9 Å². The monoisotopic (exact) mass is 406 g/mol. The number of nitrogens with one attached hydrogen (secondary N) is 1. The summed E-state index contributed by atoms with van der Waals surface area (Å²) in [6.07, 6.45) is 3.27. The quantitative estimate of drug-likeness (QED) is 0.263. The lowest BCUT2D eigenvalue weighted by Crippen LogP contribution is -2.42. The van der Waals surface area contributed by atoms with Crippen LogP contribution in [0.5, 0.6) is 5.75 Å². The summed E-state index contributed by atoms with van der Waals surface area (Å²) in [5.74, 6) is 5.30. The fourth-order valence-corrected chi connectivity index (χ4v) is 3.10. The molecule has 132 valence electrons. The number of nitriles is 1. The second-order valence-electron chi connectivity index (χ2n) is 5.57. The van der Waals surface area contributed by atoms with Crippen LogP contribution < -0.4 is 15.9 Å². The molecule has 1 aliphatic carbocycles. The number of benzene rings is 1. The molecule has 1 aliphatic rings. The molecular formula is C16H19BrN6O2. The first-order valence-corrected chi connectivity index (χ1v) is 8.61.